The second kappa shape index (κ2) is 5.31. The molecule has 18 heavy (non-hydrogen) atoms. The van der Waals surface area contributed by atoms with Crippen LogP contribution in [0.5, 0.6) is 0 Å². The summed E-state index contributed by atoms with van der Waals surface area (Å²) in [5.74, 6) is -0.268. The lowest BCUT2D eigenvalue weighted by Crippen LogP contribution is -2.05. The van der Waals surface area contributed by atoms with Crippen molar-refractivity contribution in [2.45, 2.75) is 25.9 Å². The Morgan fingerprint density at radius 3 is 2.78 bits per heavy atom. The van der Waals surface area contributed by atoms with Gasteiger partial charge in [0.1, 0.15) is 5.82 Å². The molecule has 0 saturated carbocycles. The number of benzene rings is 1. The second-order valence-electron chi connectivity index (χ2n) is 4.50. The van der Waals surface area contributed by atoms with E-state index in [4.69, 9.17) is 0 Å². The van der Waals surface area contributed by atoms with E-state index in [1.165, 1.54) is 12.1 Å². The van der Waals surface area contributed by atoms with Crippen molar-refractivity contribution in [3.05, 3.63) is 53.1 Å². The largest absolute Gasteiger partial charge is 0.388 e. The smallest absolute Gasteiger partial charge is 0.123 e. The van der Waals surface area contributed by atoms with Crippen molar-refractivity contribution in [3.8, 4) is 0 Å². The first kappa shape index (κ1) is 12.8. The van der Waals surface area contributed by atoms with E-state index in [0.717, 1.165) is 23.2 Å². The highest BCUT2D eigenvalue weighted by Crippen LogP contribution is 2.22. The molecule has 1 unspecified atom stereocenters. The molecular formula is C14H17FN2O. The van der Waals surface area contributed by atoms with Gasteiger partial charge in [0, 0.05) is 18.9 Å². The summed E-state index contributed by atoms with van der Waals surface area (Å²) in [5, 5.41) is 14.2. The molecule has 1 atom stereocenters. The molecule has 1 heterocycles. The molecular weight excluding hydrogens is 231 g/mol. The van der Waals surface area contributed by atoms with E-state index in [9.17, 15) is 9.50 Å². The highest BCUT2D eigenvalue weighted by molar-refractivity contribution is 5.28. The van der Waals surface area contributed by atoms with Gasteiger partial charge >= 0.3 is 0 Å². The maximum atomic E-state index is 13.0. The standard InChI is InChI=1S/C14H17FN2O/c1-10-9-11(15)3-5-13(10)14(18)6-4-12-7-8-16-17(12)2/h3,5,7-9,14,18H,4,6H2,1-2H3. The van der Waals surface area contributed by atoms with Crippen LogP contribution in [0.2, 0.25) is 0 Å². The molecule has 0 aliphatic rings. The molecule has 96 valence electrons. The summed E-state index contributed by atoms with van der Waals surface area (Å²) in [6.45, 7) is 1.81. The number of rotatable bonds is 4. The van der Waals surface area contributed by atoms with Gasteiger partial charge in [-0.05, 0) is 49.1 Å². The van der Waals surface area contributed by atoms with Gasteiger partial charge in [-0.1, -0.05) is 6.07 Å². The molecule has 0 bridgehead atoms. The van der Waals surface area contributed by atoms with Crippen molar-refractivity contribution < 1.29 is 9.50 Å². The zero-order chi connectivity index (χ0) is 13.1. The molecule has 0 aliphatic heterocycles. The van der Waals surface area contributed by atoms with E-state index < -0.39 is 6.10 Å². The van der Waals surface area contributed by atoms with Crippen LogP contribution < -0.4 is 0 Å². The monoisotopic (exact) mass is 248 g/mol. The summed E-state index contributed by atoms with van der Waals surface area (Å²) in [6.07, 6.45) is 2.52. The van der Waals surface area contributed by atoms with Crippen molar-refractivity contribution in [1.82, 2.24) is 9.78 Å². The maximum absolute atomic E-state index is 13.0. The topological polar surface area (TPSA) is 38.1 Å². The van der Waals surface area contributed by atoms with Gasteiger partial charge in [-0.2, -0.15) is 5.10 Å². The minimum atomic E-state index is -0.569. The third-order valence-corrected chi connectivity index (χ3v) is 3.19. The van der Waals surface area contributed by atoms with Gasteiger partial charge in [0.2, 0.25) is 0 Å². The Hall–Kier alpha value is -1.68. The summed E-state index contributed by atoms with van der Waals surface area (Å²) >= 11 is 0. The first-order valence-electron chi connectivity index (χ1n) is 5.99. The highest BCUT2D eigenvalue weighted by atomic mass is 19.1. The van der Waals surface area contributed by atoms with E-state index in [1.807, 2.05) is 20.0 Å². The van der Waals surface area contributed by atoms with Crippen molar-refractivity contribution >= 4 is 0 Å². The molecule has 0 aliphatic carbocycles. The number of aromatic nitrogens is 2. The zero-order valence-electron chi connectivity index (χ0n) is 10.6. The maximum Gasteiger partial charge on any atom is 0.123 e. The van der Waals surface area contributed by atoms with Gasteiger partial charge in [-0.15, -0.1) is 0 Å². The second-order valence-corrected chi connectivity index (χ2v) is 4.50. The van der Waals surface area contributed by atoms with Gasteiger partial charge in [0.05, 0.1) is 6.10 Å². The molecule has 0 fully saturated rings. The number of aliphatic hydroxyl groups is 1. The van der Waals surface area contributed by atoms with Crippen LogP contribution in [0.15, 0.2) is 30.5 Å². The molecule has 4 heteroatoms. The van der Waals surface area contributed by atoms with Crippen molar-refractivity contribution in [2.24, 2.45) is 7.05 Å². The van der Waals surface area contributed by atoms with E-state index in [-0.39, 0.29) is 5.82 Å². The lowest BCUT2D eigenvalue weighted by atomic mass is 9.99. The quantitative estimate of drug-likeness (QED) is 0.903. The zero-order valence-corrected chi connectivity index (χ0v) is 10.6. The van der Waals surface area contributed by atoms with Crippen molar-refractivity contribution in [1.29, 1.82) is 0 Å². The van der Waals surface area contributed by atoms with Crippen LogP contribution >= 0.6 is 0 Å². The fraction of sp³-hybridized carbons (Fsp3) is 0.357. The Morgan fingerprint density at radius 1 is 1.39 bits per heavy atom. The molecule has 0 saturated heterocycles. The SMILES string of the molecule is Cc1cc(F)ccc1C(O)CCc1ccnn1C. The fourth-order valence-corrected chi connectivity index (χ4v) is 2.10. The first-order chi connectivity index (χ1) is 8.58. The highest BCUT2D eigenvalue weighted by Gasteiger charge is 2.12. The Labute approximate surface area is 106 Å². The predicted octanol–water partition coefficient (Wildman–Crippen LogP) is 2.53. The molecule has 1 N–H and O–H groups in total. The number of aryl methyl sites for hydroxylation is 3. The summed E-state index contributed by atoms with van der Waals surface area (Å²) in [4.78, 5) is 0. The lowest BCUT2D eigenvalue weighted by molar-refractivity contribution is 0.166. The minimum absolute atomic E-state index is 0.268. The molecule has 2 aromatic rings. The number of halogens is 1. The molecule has 0 amide bonds. The molecule has 2 rings (SSSR count). The van der Waals surface area contributed by atoms with Crippen LogP contribution in [0, 0.1) is 12.7 Å². The van der Waals surface area contributed by atoms with Crippen LogP contribution in [0.3, 0.4) is 0 Å². The third-order valence-electron chi connectivity index (χ3n) is 3.19. The predicted molar refractivity (Wildman–Crippen MR) is 67.6 cm³/mol. The lowest BCUT2D eigenvalue weighted by Gasteiger charge is -2.13. The average Bonchev–Trinajstić information content (AvgIpc) is 2.72. The van der Waals surface area contributed by atoms with Crippen molar-refractivity contribution in [2.75, 3.05) is 0 Å². The number of hydrogen-bond acceptors (Lipinski definition) is 2. The average molecular weight is 248 g/mol. The molecule has 0 radical (unpaired) electrons. The Balaban J connectivity index is 2.03. The van der Waals surface area contributed by atoms with Gasteiger partial charge < -0.3 is 5.11 Å². The van der Waals surface area contributed by atoms with E-state index in [1.54, 1.807) is 16.9 Å². The molecule has 0 spiro atoms. The van der Waals surface area contributed by atoms with Crippen LogP contribution in [-0.2, 0) is 13.5 Å². The number of aliphatic hydroxyl groups excluding tert-OH is 1. The summed E-state index contributed by atoms with van der Waals surface area (Å²) in [7, 11) is 1.88. The van der Waals surface area contributed by atoms with Crippen LogP contribution in [0.4, 0.5) is 4.39 Å². The number of nitrogens with zero attached hydrogens (tertiary/aromatic N) is 2. The normalized spacial score (nSPS) is 12.7. The number of hydrogen-bond donors (Lipinski definition) is 1. The first-order valence-corrected chi connectivity index (χ1v) is 5.99. The van der Waals surface area contributed by atoms with Gasteiger partial charge in [0.15, 0.2) is 0 Å². The minimum Gasteiger partial charge on any atom is -0.388 e. The van der Waals surface area contributed by atoms with E-state index in [0.29, 0.717) is 6.42 Å². The fourth-order valence-electron chi connectivity index (χ4n) is 2.10. The van der Waals surface area contributed by atoms with Gasteiger partial charge in [0.25, 0.3) is 0 Å². The third kappa shape index (κ3) is 2.76. The van der Waals surface area contributed by atoms with Crippen LogP contribution in [0.25, 0.3) is 0 Å². The molecule has 1 aromatic heterocycles. The van der Waals surface area contributed by atoms with Gasteiger partial charge in [-0.25, -0.2) is 4.39 Å². The Morgan fingerprint density at radius 2 is 2.17 bits per heavy atom. The van der Waals surface area contributed by atoms with Crippen LogP contribution in [-0.4, -0.2) is 14.9 Å². The summed E-state index contributed by atoms with van der Waals surface area (Å²) in [6, 6.07) is 6.42. The Kier molecular flexibility index (Phi) is 3.77. The van der Waals surface area contributed by atoms with Crippen molar-refractivity contribution in [3.63, 3.8) is 0 Å². The van der Waals surface area contributed by atoms with E-state index in [2.05, 4.69) is 5.10 Å². The van der Waals surface area contributed by atoms with E-state index >= 15 is 0 Å². The molecule has 1 aromatic carbocycles. The van der Waals surface area contributed by atoms with Crippen LogP contribution in [0.1, 0.15) is 29.3 Å². The Bertz CT molecular complexity index is 536. The van der Waals surface area contributed by atoms with Gasteiger partial charge in [-0.3, -0.25) is 4.68 Å². The summed E-state index contributed by atoms with van der Waals surface area (Å²) in [5.41, 5.74) is 2.65. The summed E-state index contributed by atoms with van der Waals surface area (Å²) < 4.78 is 14.8. The molecule has 3 nitrogen and oxygen atoms in total.